The maximum absolute atomic E-state index is 12.1. The van der Waals surface area contributed by atoms with E-state index in [1.807, 2.05) is 71.3 Å². The number of benzene rings is 2. The van der Waals surface area contributed by atoms with Gasteiger partial charge in [-0.1, -0.05) is 48.9 Å². The van der Waals surface area contributed by atoms with E-state index in [9.17, 15) is 4.79 Å². The van der Waals surface area contributed by atoms with Crippen LogP contribution in [0.3, 0.4) is 0 Å². The number of fused-ring (bicyclic) bond motifs is 1. The van der Waals surface area contributed by atoms with Crippen LogP contribution in [0.4, 0.5) is 5.82 Å². The van der Waals surface area contributed by atoms with Crippen molar-refractivity contribution in [1.29, 1.82) is 0 Å². The number of nitrogens with zero attached hydrogens (tertiary/aromatic N) is 4. The minimum Gasteiger partial charge on any atom is -0.383 e. The molecule has 2 aromatic carbocycles. The van der Waals surface area contributed by atoms with Crippen LogP contribution < -0.4 is 11.5 Å². The largest absolute Gasteiger partial charge is 0.383 e. The molecule has 1 aliphatic carbocycles. The number of pyridine rings is 2. The molecule has 7 nitrogen and oxygen atoms in total. The number of hydrogen-bond acceptors (Lipinski definition) is 5. The van der Waals surface area contributed by atoms with E-state index < -0.39 is 5.41 Å². The molecule has 1 saturated carbocycles. The molecule has 3 aromatic heterocycles. The summed E-state index contributed by atoms with van der Waals surface area (Å²) in [6.07, 6.45) is 5.08. The van der Waals surface area contributed by atoms with Crippen LogP contribution in [0.25, 0.3) is 39.5 Å². The number of rotatable bonds is 6. The Bertz CT molecular complexity index is 1570. The van der Waals surface area contributed by atoms with Gasteiger partial charge in [-0.15, -0.1) is 0 Å². The molecule has 6 rings (SSSR count). The van der Waals surface area contributed by atoms with Crippen LogP contribution >= 0.6 is 0 Å². The van der Waals surface area contributed by atoms with Crippen molar-refractivity contribution in [1.82, 2.24) is 19.5 Å². The van der Waals surface area contributed by atoms with Crippen molar-refractivity contribution in [2.24, 2.45) is 11.1 Å². The molecule has 0 aliphatic heterocycles. The average molecular weight is 475 g/mol. The summed E-state index contributed by atoms with van der Waals surface area (Å²) in [5.41, 5.74) is 17.7. The first-order valence-electron chi connectivity index (χ1n) is 12.1. The summed E-state index contributed by atoms with van der Waals surface area (Å²) >= 11 is 0. The van der Waals surface area contributed by atoms with Gasteiger partial charge in [0.15, 0.2) is 11.5 Å². The first kappa shape index (κ1) is 22.0. The second-order valence-electron chi connectivity index (χ2n) is 9.45. The van der Waals surface area contributed by atoms with Crippen LogP contribution in [0.2, 0.25) is 0 Å². The highest BCUT2D eigenvalue weighted by Gasteiger charge is 2.42. The minimum atomic E-state index is -0.412. The maximum Gasteiger partial charge on any atom is 0.223 e. The van der Waals surface area contributed by atoms with Gasteiger partial charge >= 0.3 is 0 Å². The van der Waals surface area contributed by atoms with Gasteiger partial charge in [0, 0.05) is 17.4 Å². The SMILES string of the molecule is NC(=O)C1(Cc2ccc(-n3c(-c4cccnc4N)nc4ccc(-c5ccccc5)nc43)cc2)CCC1. The number of nitrogen functional groups attached to an aromatic ring is 1. The van der Waals surface area contributed by atoms with Crippen molar-refractivity contribution in [3.05, 3.63) is 90.6 Å². The molecule has 4 N–H and O–H groups in total. The smallest absolute Gasteiger partial charge is 0.223 e. The van der Waals surface area contributed by atoms with Gasteiger partial charge in [0.05, 0.1) is 16.7 Å². The molecule has 3 heterocycles. The highest BCUT2D eigenvalue weighted by molar-refractivity contribution is 5.85. The van der Waals surface area contributed by atoms with Crippen LogP contribution in [0, 0.1) is 5.41 Å². The molecule has 0 saturated heterocycles. The lowest BCUT2D eigenvalue weighted by Gasteiger charge is -2.39. The number of anilines is 1. The maximum atomic E-state index is 12.1. The van der Waals surface area contributed by atoms with Gasteiger partial charge in [0.2, 0.25) is 5.91 Å². The number of carbonyl (C=O) groups excluding carboxylic acids is 1. The summed E-state index contributed by atoms with van der Waals surface area (Å²) in [5.74, 6) is 0.876. The van der Waals surface area contributed by atoms with Gasteiger partial charge in [-0.3, -0.25) is 9.36 Å². The van der Waals surface area contributed by atoms with Crippen LogP contribution in [-0.2, 0) is 11.2 Å². The molecular formula is C29H26N6O. The van der Waals surface area contributed by atoms with Crippen LogP contribution in [-0.4, -0.2) is 25.4 Å². The second-order valence-corrected chi connectivity index (χ2v) is 9.45. The number of primary amides is 1. The van der Waals surface area contributed by atoms with Crippen molar-refractivity contribution in [3.63, 3.8) is 0 Å². The quantitative estimate of drug-likeness (QED) is 0.362. The number of aromatic nitrogens is 4. The lowest BCUT2D eigenvalue weighted by Crippen LogP contribution is -2.44. The molecule has 1 aliphatic rings. The molecule has 5 aromatic rings. The molecule has 36 heavy (non-hydrogen) atoms. The summed E-state index contributed by atoms with van der Waals surface area (Å²) in [6, 6.07) is 26.0. The number of hydrogen-bond donors (Lipinski definition) is 2. The Labute approximate surface area is 208 Å². The lowest BCUT2D eigenvalue weighted by molar-refractivity contribution is -0.132. The zero-order valence-corrected chi connectivity index (χ0v) is 19.8. The first-order valence-corrected chi connectivity index (χ1v) is 12.1. The molecule has 178 valence electrons. The first-order chi connectivity index (χ1) is 17.5. The summed E-state index contributed by atoms with van der Waals surface area (Å²) in [4.78, 5) is 26.3. The van der Waals surface area contributed by atoms with Crippen LogP contribution in [0.1, 0.15) is 24.8 Å². The molecule has 7 heteroatoms. The van der Waals surface area contributed by atoms with E-state index >= 15 is 0 Å². The van der Waals surface area contributed by atoms with Crippen molar-refractivity contribution in [2.75, 3.05) is 5.73 Å². The monoisotopic (exact) mass is 474 g/mol. The number of amides is 1. The van der Waals surface area contributed by atoms with E-state index in [4.69, 9.17) is 21.4 Å². The van der Waals surface area contributed by atoms with E-state index in [1.165, 1.54) is 0 Å². The van der Waals surface area contributed by atoms with Crippen molar-refractivity contribution in [2.45, 2.75) is 25.7 Å². The third kappa shape index (κ3) is 3.69. The number of imidazole rings is 1. The standard InChI is InChI=1S/C29H26N6O/c30-25-22(8-4-17-32-25)26-34-24-14-13-23(20-6-2-1-3-7-20)33-27(24)35(26)21-11-9-19(10-12-21)18-29(28(31)36)15-5-16-29/h1-4,6-14,17H,5,15-16,18H2,(H2,30,32)(H2,31,36). The van der Waals surface area contributed by atoms with Gasteiger partial charge in [-0.25, -0.2) is 15.0 Å². The lowest BCUT2D eigenvalue weighted by atomic mass is 9.65. The molecule has 0 atom stereocenters. The number of nitrogens with two attached hydrogens (primary N) is 2. The van der Waals surface area contributed by atoms with Crippen molar-refractivity contribution < 1.29 is 4.79 Å². The van der Waals surface area contributed by atoms with E-state index in [0.29, 0.717) is 18.1 Å². The zero-order valence-electron chi connectivity index (χ0n) is 19.8. The molecule has 1 amide bonds. The van der Waals surface area contributed by atoms with E-state index in [0.717, 1.165) is 58.5 Å². The van der Waals surface area contributed by atoms with E-state index in [2.05, 4.69) is 17.1 Å². The van der Waals surface area contributed by atoms with Crippen molar-refractivity contribution >= 4 is 22.9 Å². The molecule has 0 bridgehead atoms. The Kier molecular flexibility index (Phi) is 5.25. The Hall–Kier alpha value is -4.52. The second kappa shape index (κ2) is 8.61. The fraction of sp³-hybridized carbons (Fsp3) is 0.172. The highest BCUT2D eigenvalue weighted by Crippen LogP contribution is 2.43. The Morgan fingerprint density at radius 1 is 0.917 bits per heavy atom. The fourth-order valence-electron chi connectivity index (χ4n) is 5.03. The molecule has 0 radical (unpaired) electrons. The normalized spacial score (nSPS) is 14.4. The Morgan fingerprint density at radius 2 is 1.69 bits per heavy atom. The molecule has 1 fully saturated rings. The predicted molar refractivity (Wildman–Crippen MR) is 141 cm³/mol. The third-order valence-corrected chi connectivity index (χ3v) is 7.22. The number of carbonyl (C=O) groups is 1. The molecule has 0 unspecified atom stereocenters. The van der Waals surface area contributed by atoms with Crippen LogP contribution in [0.15, 0.2) is 85.1 Å². The van der Waals surface area contributed by atoms with Gasteiger partial charge in [-0.2, -0.15) is 0 Å². The summed E-state index contributed by atoms with van der Waals surface area (Å²) in [7, 11) is 0. The van der Waals surface area contributed by atoms with E-state index in [-0.39, 0.29) is 5.91 Å². The van der Waals surface area contributed by atoms with Gasteiger partial charge in [-0.05, 0) is 61.2 Å². The average Bonchev–Trinajstić information content (AvgIpc) is 3.25. The fourth-order valence-corrected chi connectivity index (χ4v) is 5.03. The van der Waals surface area contributed by atoms with Gasteiger partial charge in [0.25, 0.3) is 0 Å². The zero-order chi connectivity index (χ0) is 24.7. The predicted octanol–water partition coefficient (Wildman–Crippen LogP) is 4.93. The van der Waals surface area contributed by atoms with Crippen molar-refractivity contribution in [3.8, 4) is 28.3 Å². The van der Waals surface area contributed by atoms with Crippen LogP contribution in [0.5, 0.6) is 0 Å². The Balaban J connectivity index is 1.49. The van der Waals surface area contributed by atoms with Gasteiger partial charge in [0.1, 0.15) is 11.3 Å². The molecular weight excluding hydrogens is 448 g/mol. The minimum absolute atomic E-state index is 0.203. The third-order valence-electron chi connectivity index (χ3n) is 7.22. The summed E-state index contributed by atoms with van der Waals surface area (Å²) < 4.78 is 2.02. The molecule has 0 spiro atoms. The van der Waals surface area contributed by atoms with E-state index in [1.54, 1.807) is 6.20 Å². The topological polar surface area (TPSA) is 113 Å². The Morgan fingerprint density at radius 3 is 2.36 bits per heavy atom. The van der Waals surface area contributed by atoms with Gasteiger partial charge < -0.3 is 11.5 Å². The summed E-state index contributed by atoms with van der Waals surface area (Å²) in [6.45, 7) is 0. The highest BCUT2D eigenvalue weighted by atomic mass is 16.1. The summed E-state index contributed by atoms with van der Waals surface area (Å²) in [5, 5.41) is 0.